The first-order chi connectivity index (χ1) is 9.02. The molecule has 19 heavy (non-hydrogen) atoms. The van der Waals surface area contributed by atoms with Crippen LogP contribution in [0.1, 0.15) is 5.82 Å². The van der Waals surface area contributed by atoms with Gasteiger partial charge in [-0.25, -0.2) is 14.3 Å². The van der Waals surface area contributed by atoms with Gasteiger partial charge in [-0.1, -0.05) is 6.08 Å². The fourth-order valence-electron chi connectivity index (χ4n) is 2.04. The second-order valence-electron chi connectivity index (χ2n) is 4.12. The third-order valence-electron chi connectivity index (χ3n) is 2.96. The molecular formula is C12H13N5O2. The lowest BCUT2D eigenvalue weighted by Crippen LogP contribution is -2.39. The number of allylic oxidation sites excluding steroid dienone is 1. The molecule has 0 aliphatic carbocycles. The third-order valence-corrected chi connectivity index (χ3v) is 2.96. The molecule has 0 aromatic carbocycles. The van der Waals surface area contributed by atoms with Crippen LogP contribution in [0.3, 0.4) is 0 Å². The molecule has 7 nitrogen and oxygen atoms in total. The number of aryl methyl sites for hydroxylation is 2. The maximum absolute atomic E-state index is 12.3. The normalized spacial score (nSPS) is 10.6. The number of hydrogen-bond donors (Lipinski definition) is 0. The van der Waals surface area contributed by atoms with E-state index >= 15 is 0 Å². The molecule has 0 aliphatic rings. The minimum atomic E-state index is -0.540. The summed E-state index contributed by atoms with van der Waals surface area (Å²) in [6, 6.07) is 1.82. The molecule has 0 bridgehead atoms. The highest BCUT2D eigenvalue weighted by molar-refractivity contribution is 5.71. The summed E-state index contributed by atoms with van der Waals surface area (Å²) >= 11 is 0. The van der Waals surface area contributed by atoms with E-state index in [9.17, 15) is 9.59 Å². The molecule has 2 aromatic heterocycles. The van der Waals surface area contributed by atoms with Gasteiger partial charge in [0.05, 0.1) is 6.07 Å². The number of nitriles is 1. The van der Waals surface area contributed by atoms with Crippen LogP contribution in [0.5, 0.6) is 0 Å². The average Bonchev–Trinajstić information content (AvgIpc) is 2.70. The van der Waals surface area contributed by atoms with E-state index in [1.165, 1.54) is 11.6 Å². The van der Waals surface area contributed by atoms with Gasteiger partial charge in [0.2, 0.25) is 0 Å². The first-order valence-corrected chi connectivity index (χ1v) is 5.67. The zero-order chi connectivity index (χ0) is 14.2. The third kappa shape index (κ3) is 1.78. The first-order valence-electron chi connectivity index (χ1n) is 5.67. The van der Waals surface area contributed by atoms with E-state index in [1.54, 1.807) is 17.6 Å². The lowest BCUT2D eigenvalue weighted by Gasteiger charge is -2.06. The van der Waals surface area contributed by atoms with Gasteiger partial charge in [0.15, 0.2) is 11.2 Å². The molecule has 0 aliphatic heterocycles. The number of rotatable bonds is 3. The molecule has 0 amide bonds. The van der Waals surface area contributed by atoms with E-state index in [1.807, 2.05) is 6.07 Å². The van der Waals surface area contributed by atoms with E-state index in [2.05, 4.69) is 11.6 Å². The van der Waals surface area contributed by atoms with Crippen molar-refractivity contribution in [3.8, 4) is 6.07 Å². The molecule has 0 spiro atoms. The summed E-state index contributed by atoms with van der Waals surface area (Å²) in [7, 11) is 1.53. The molecule has 7 heteroatoms. The number of fused-ring (bicyclic) bond motifs is 1. The summed E-state index contributed by atoms with van der Waals surface area (Å²) in [5.74, 6) is 0.622. The lowest BCUT2D eigenvalue weighted by molar-refractivity contribution is 0.668. The van der Waals surface area contributed by atoms with Crippen molar-refractivity contribution in [1.82, 2.24) is 18.7 Å². The predicted octanol–water partition coefficient (Wildman–Crippen LogP) is -0.0853. The Morgan fingerprint density at radius 2 is 2.11 bits per heavy atom. The Bertz CT molecular complexity index is 816. The molecule has 0 radical (unpaired) electrons. The predicted molar refractivity (Wildman–Crippen MR) is 69.8 cm³/mol. The van der Waals surface area contributed by atoms with Gasteiger partial charge in [-0.15, -0.1) is 6.58 Å². The second-order valence-corrected chi connectivity index (χ2v) is 4.12. The van der Waals surface area contributed by atoms with E-state index in [4.69, 9.17) is 5.26 Å². The highest BCUT2D eigenvalue weighted by Crippen LogP contribution is 2.10. The van der Waals surface area contributed by atoms with E-state index in [-0.39, 0.29) is 6.54 Å². The lowest BCUT2D eigenvalue weighted by atomic mass is 10.4. The first kappa shape index (κ1) is 12.8. The molecule has 0 unspecified atom stereocenters. The zero-order valence-corrected chi connectivity index (χ0v) is 10.8. The maximum Gasteiger partial charge on any atom is 0.333 e. The van der Waals surface area contributed by atoms with Gasteiger partial charge in [-0.05, 0) is 6.92 Å². The molecule has 2 aromatic rings. The SMILES string of the molecule is C=CCn1c(C)nc2c1c(=O)n(CC#N)c(=O)n2C. The van der Waals surface area contributed by atoms with Crippen LogP contribution >= 0.6 is 0 Å². The summed E-state index contributed by atoms with van der Waals surface area (Å²) in [5.41, 5.74) is -0.400. The fraction of sp³-hybridized carbons (Fsp3) is 0.333. The maximum atomic E-state index is 12.3. The highest BCUT2D eigenvalue weighted by Gasteiger charge is 2.17. The molecule has 0 saturated heterocycles. The van der Waals surface area contributed by atoms with Gasteiger partial charge in [0.1, 0.15) is 12.4 Å². The Balaban J connectivity index is 3.01. The molecular weight excluding hydrogens is 246 g/mol. The van der Waals surface area contributed by atoms with E-state index < -0.39 is 11.2 Å². The van der Waals surface area contributed by atoms with Crippen LogP contribution < -0.4 is 11.2 Å². The number of nitrogens with zero attached hydrogens (tertiary/aromatic N) is 5. The Labute approximate surface area is 108 Å². The summed E-state index contributed by atoms with van der Waals surface area (Å²) in [4.78, 5) is 28.5. The molecule has 2 heterocycles. The van der Waals surface area contributed by atoms with Crippen molar-refractivity contribution in [2.24, 2.45) is 7.05 Å². The minimum Gasteiger partial charge on any atom is -0.318 e. The van der Waals surface area contributed by atoms with Gasteiger partial charge in [0, 0.05) is 13.6 Å². The molecule has 0 saturated carbocycles. The van der Waals surface area contributed by atoms with Crippen molar-refractivity contribution >= 4 is 11.2 Å². The van der Waals surface area contributed by atoms with Crippen molar-refractivity contribution in [2.75, 3.05) is 0 Å². The summed E-state index contributed by atoms with van der Waals surface area (Å²) in [6.45, 7) is 5.53. The number of imidazole rings is 1. The monoisotopic (exact) mass is 259 g/mol. The van der Waals surface area contributed by atoms with Crippen LogP contribution in [0.2, 0.25) is 0 Å². The summed E-state index contributed by atoms with van der Waals surface area (Å²) in [5, 5.41) is 8.71. The quantitative estimate of drug-likeness (QED) is 0.721. The standard InChI is InChI=1S/C12H13N5O2/c1-4-6-16-8(2)14-10-9(16)11(18)17(7-5-13)12(19)15(10)3/h4H,1,6-7H2,2-3H3. The number of hydrogen-bond acceptors (Lipinski definition) is 4. The van der Waals surface area contributed by atoms with Crippen LogP contribution in [0, 0.1) is 18.3 Å². The summed E-state index contributed by atoms with van der Waals surface area (Å²) < 4.78 is 3.86. The second kappa shape index (κ2) is 4.57. The van der Waals surface area contributed by atoms with Gasteiger partial charge in [0.25, 0.3) is 5.56 Å². The van der Waals surface area contributed by atoms with Crippen LogP contribution in [-0.2, 0) is 20.1 Å². The highest BCUT2D eigenvalue weighted by atomic mass is 16.2. The van der Waals surface area contributed by atoms with Gasteiger partial charge in [-0.2, -0.15) is 5.26 Å². The van der Waals surface area contributed by atoms with Gasteiger partial charge >= 0.3 is 5.69 Å². The summed E-state index contributed by atoms with van der Waals surface area (Å²) in [6.07, 6.45) is 1.65. The van der Waals surface area contributed by atoms with Crippen LogP contribution in [0.25, 0.3) is 11.2 Å². The fourth-order valence-corrected chi connectivity index (χ4v) is 2.04. The zero-order valence-electron chi connectivity index (χ0n) is 10.8. The van der Waals surface area contributed by atoms with Crippen LogP contribution in [0.15, 0.2) is 22.2 Å². The Kier molecular flexibility index (Phi) is 3.09. The Morgan fingerprint density at radius 3 is 2.68 bits per heavy atom. The van der Waals surface area contributed by atoms with Crippen molar-refractivity contribution in [1.29, 1.82) is 5.26 Å². The van der Waals surface area contributed by atoms with E-state index in [0.29, 0.717) is 23.5 Å². The van der Waals surface area contributed by atoms with Gasteiger partial charge < -0.3 is 4.57 Å². The molecule has 2 rings (SSSR count). The van der Waals surface area contributed by atoms with Crippen molar-refractivity contribution in [3.63, 3.8) is 0 Å². The minimum absolute atomic E-state index is 0.278. The van der Waals surface area contributed by atoms with Gasteiger partial charge in [-0.3, -0.25) is 9.36 Å². The Hall–Kier alpha value is -2.62. The largest absolute Gasteiger partial charge is 0.333 e. The molecule has 0 N–H and O–H groups in total. The smallest absolute Gasteiger partial charge is 0.318 e. The molecule has 0 fully saturated rings. The van der Waals surface area contributed by atoms with Crippen LogP contribution in [-0.4, -0.2) is 18.7 Å². The average molecular weight is 259 g/mol. The number of aromatic nitrogens is 4. The molecule has 0 atom stereocenters. The van der Waals surface area contributed by atoms with Crippen molar-refractivity contribution < 1.29 is 0 Å². The topological polar surface area (TPSA) is 85.6 Å². The molecule has 98 valence electrons. The van der Waals surface area contributed by atoms with Crippen molar-refractivity contribution in [3.05, 3.63) is 39.3 Å². The Morgan fingerprint density at radius 1 is 1.42 bits per heavy atom. The van der Waals surface area contributed by atoms with E-state index in [0.717, 1.165) is 4.57 Å². The van der Waals surface area contributed by atoms with Crippen molar-refractivity contribution in [2.45, 2.75) is 20.0 Å². The van der Waals surface area contributed by atoms with Crippen LogP contribution in [0.4, 0.5) is 0 Å².